The van der Waals surface area contributed by atoms with Gasteiger partial charge in [0, 0.05) is 13.0 Å². The molecule has 29 heavy (non-hydrogen) atoms. The lowest BCUT2D eigenvalue weighted by Crippen LogP contribution is -2.35. The summed E-state index contributed by atoms with van der Waals surface area (Å²) >= 11 is 0. The first-order chi connectivity index (χ1) is 13.7. The monoisotopic (exact) mass is 384 g/mol. The fourth-order valence-electron chi connectivity index (χ4n) is 5.93. The second kappa shape index (κ2) is 6.42. The van der Waals surface area contributed by atoms with Gasteiger partial charge in [-0.2, -0.15) is 4.57 Å². The van der Waals surface area contributed by atoms with E-state index in [0.29, 0.717) is 5.41 Å². The lowest BCUT2D eigenvalue weighted by molar-refractivity contribution is -0.665. The van der Waals surface area contributed by atoms with E-state index in [1.807, 2.05) is 0 Å². The zero-order valence-corrected chi connectivity index (χ0v) is 18.9. The van der Waals surface area contributed by atoms with Gasteiger partial charge in [-0.05, 0) is 89.6 Å². The molecule has 2 bridgehead atoms. The van der Waals surface area contributed by atoms with Crippen molar-refractivity contribution < 1.29 is 4.57 Å². The second-order valence-electron chi connectivity index (χ2n) is 10.9. The van der Waals surface area contributed by atoms with Crippen LogP contribution in [-0.4, -0.2) is 0 Å². The van der Waals surface area contributed by atoms with Gasteiger partial charge in [0.25, 0.3) is 0 Å². The van der Waals surface area contributed by atoms with Crippen LogP contribution in [0.2, 0.25) is 0 Å². The number of aryl methyl sites for hydroxylation is 2. The van der Waals surface area contributed by atoms with E-state index in [0.717, 1.165) is 18.3 Å². The highest BCUT2D eigenvalue weighted by Gasteiger charge is 2.37. The molecule has 5 rings (SSSR count). The maximum Gasteiger partial charge on any atom is 0.220 e. The van der Waals surface area contributed by atoms with E-state index in [4.69, 9.17) is 0 Å². The van der Waals surface area contributed by atoms with E-state index in [-0.39, 0.29) is 0 Å². The summed E-state index contributed by atoms with van der Waals surface area (Å²) in [6, 6.07) is 14.5. The van der Waals surface area contributed by atoms with Gasteiger partial charge >= 0.3 is 0 Å². The molecule has 2 atom stereocenters. The molecule has 0 N–H and O–H groups in total. The predicted octanol–water partition coefficient (Wildman–Crippen LogP) is 6.90. The number of pyridine rings is 1. The third-order valence-corrected chi connectivity index (χ3v) is 7.33. The van der Waals surface area contributed by atoms with Crippen molar-refractivity contribution in [3.8, 4) is 11.3 Å². The van der Waals surface area contributed by atoms with Gasteiger partial charge < -0.3 is 0 Å². The number of hydrogen-bond donors (Lipinski definition) is 0. The van der Waals surface area contributed by atoms with Crippen molar-refractivity contribution in [3.05, 3.63) is 64.3 Å². The lowest BCUT2D eigenvalue weighted by atomic mass is 9.85. The lowest BCUT2D eigenvalue weighted by Gasteiger charge is -2.20. The Labute approximate surface area is 175 Å². The Morgan fingerprint density at radius 1 is 0.931 bits per heavy atom. The number of aromatic nitrogens is 1. The Bertz CT molecular complexity index is 1130. The normalized spacial score (nSPS) is 20.5. The molecule has 1 heterocycles. The maximum absolute atomic E-state index is 2.55. The Morgan fingerprint density at radius 2 is 1.62 bits per heavy atom. The molecule has 2 unspecified atom stereocenters. The molecule has 1 aromatic heterocycles. The van der Waals surface area contributed by atoms with Crippen molar-refractivity contribution in [1.29, 1.82) is 0 Å². The van der Waals surface area contributed by atoms with Crippen molar-refractivity contribution in [2.75, 3.05) is 0 Å². The van der Waals surface area contributed by atoms with Crippen LogP contribution in [0.25, 0.3) is 22.0 Å². The molecule has 1 fully saturated rings. The van der Waals surface area contributed by atoms with E-state index < -0.39 is 0 Å². The fourth-order valence-corrected chi connectivity index (χ4v) is 5.93. The van der Waals surface area contributed by atoms with Crippen molar-refractivity contribution in [2.45, 2.75) is 72.1 Å². The van der Waals surface area contributed by atoms with E-state index in [2.05, 4.69) is 82.6 Å². The molecule has 3 aromatic rings. The van der Waals surface area contributed by atoms with E-state index in [1.165, 1.54) is 58.1 Å². The maximum atomic E-state index is 2.55. The predicted molar refractivity (Wildman–Crippen MR) is 123 cm³/mol. The zero-order chi connectivity index (χ0) is 20.5. The van der Waals surface area contributed by atoms with E-state index in [1.54, 1.807) is 11.1 Å². The number of hydrogen-bond acceptors (Lipinski definition) is 0. The average Bonchev–Trinajstić information content (AvgIpc) is 3.23. The van der Waals surface area contributed by atoms with Crippen LogP contribution in [0.4, 0.5) is 0 Å². The highest BCUT2D eigenvalue weighted by molar-refractivity contribution is 5.94. The second-order valence-corrected chi connectivity index (χ2v) is 10.9. The van der Waals surface area contributed by atoms with Gasteiger partial charge in [-0.3, -0.25) is 0 Å². The van der Waals surface area contributed by atoms with E-state index >= 15 is 0 Å². The number of benzene rings is 2. The number of rotatable bonds is 2. The van der Waals surface area contributed by atoms with Crippen LogP contribution in [0.5, 0.6) is 0 Å². The first kappa shape index (κ1) is 18.9. The topological polar surface area (TPSA) is 3.88 Å². The molecule has 0 aliphatic heterocycles. The first-order valence-corrected chi connectivity index (χ1v) is 11.3. The quantitative estimate of drug-likeness (QED) is 0.423. The van der Waals surface area contributed by atoms with Gasteiger partial charge in [0.1, 0.15) is 7.05 Å². The largest absolute Gasteiger partial charge is 0.220 e. The standard InChI is InChI=1S/C28H34N/c1-17-11-25-20-8-9-21(14-20)26(25)15-24(17)27-23-10-7-19(16-28(3,4)5)13-22(23)12-18(2)29(27)6/h7,10-13,15,20-21H,8-9,14,16H2,1-6H3/q+1. The number of fused-ring (bicyclic) bond motifs is 6. The van der Waals surface area contributed by atoms with Crippen LogP contribution in [0.3, 0.4) is 0 Å². The third kappa shape index (κ3) is 3.10. The minimum Gasteiger partial charge on any atom is -0.198 e. The van der Waals surface area contributed by atoms with Crippen LogP contribution in [0, 0.1) is 19.3 Å². The molecule has 0 spiro atoms. The summed E-state index contributed by atoms with van der Waals surface area (Å²) in [5.41, 5.74) is 10.6. The van der Waals surface area contributed by atoms with Crippen molar-refractivity contribution in [3.63, 3.8) is 0 Å². The summed E-state index contributed by atoms with van der Waals surface area (Å²) < 4.78 is 2.40. The summed E-state index contributed by atoms with van der Waals surface area (Å²) in [5.74, 6) is 1.62. The van der Waals surface area contributed by atoms with Crippen LogP contribution in [0.1, 0.15) is 79.8 Å². The molecule has 0 radical (unpaired) electrons. The van der Waals surface area contributed by atoms with Gasteiger partial charge in [0.2, 0.25) is 5.69 Å². The Kier molecular flexibility index (Phi) is 4.18. The minimum absolute atomic E-state index is 0.306. The molecule has 2 aromatic carbocycles. The molecule has 2 aliphatic carbocycles. The van der Waals surface area contributed by atoms with Gasteiger partial charge in [0.05, 0.1) is 10.9 Å². The summed E-state index contributed by atoms with van der Waals surface area (Å²) in [6.45, 7) is 11.5. The molecule has 1 nitrogen and oxygen atoms in total. The summed E-state index contributed by atoms with van der Waals surface area (Å²) in [7, 11) is 2.23. The number of nitrogens with zero attached hydrogens (tertiary/aromatic N) is 1. The smallest absolute Gasteiger partial charge is 0.198 e. The minimum atomic E-state index is 0.306. The van der Waals surface area contributed by atoms with Gasteiger partial charge in [-0.15, -0.1) is 0 Å². The summed E-state index contributed by atoms with van der Waals surface area (Å²) in [4.78, 5) is 0. The molecule has 1 saturated carbocycles. The third-order valence-electron chi connectivity index (χ3n) is 7.33. The van der Waals surface area contributed by atoms with Crippen molar-refractivity contribution >= 4 is 10.8 Å². The molecular formula is C28H34N+. The summed E-state index contributed by atoms with van der Waals surface area (Å²) in [5, 5.41) is 2.75. The van der Waals surface area contributed by atoms with E-state index in [9.17, 15) is 0 Å². The Morgan fingerprint density at radius 3 is 2.31 bits per heavy atom. The Hall–Kier alpha value is -2.15. The molecule has 150 valence electrons. The van der Waals surface area contributed by atoms with Crippen LogP contribution in [0.15, 0.2) is 36.4 Å². The van der Waals surface area contributed by atoms with Gasteiger partial charge in [-0.1, -0.05) is 39.0 Å². The average molecular weight is 385 g/mol. The SMILES string of the molecule is Cc1cc2c(cc1-c1c3ccc(CC(C)(C)C)cc3cc(C)[n+]1C)C1CCC2C1. The zero-order valence-electron chi connectivity index (χ0n) is 18.9. The van der Waals surface area contributed by atoms with Gasteiger partial charge in [0.15, 0.2) is 5.69 Å². The van der Waals surface area contributed by atoms with Crippen LogP contribution < -0.4 is 4.57 Å². The van der Waals surface area contributed by atoms with Crippen LogP contribution in [-0.2, 0) is 13.5 Å². The molecule has 0 amide bonds. The first-order valence-electron chi connectivity index (χ1n) is 11.3. The molecule has 1 heteroatoms. The van der Waals surface area contributed by atoms with Crippen LogP contribution >= 0.6 is 0 Å². The highest BCUT2D eigenvalue weighted by atomic mass is 14.9. The molecule has 0 saturated heterocycles. The van der Waals surface area contributed by atoms with Gasteiger partial charge in [-0.25, -0.2) is 0 Å². The van der Waals surface area contributed by atoms with Crippen molar-refractivity contribution in [1.82, 2.24) is 0 Å². The fraction of sp³-hybridized carbons (Fsp3) is 0.464. The Balaban J connectivity index is 1.71. The summed E-state index contributed by atoms with van der Waals surface area (Å²) in [6.07, 6.45) is 5.28. The molecule has 2 aliphatic rings. The van der Waals surface area contributed by atoms with Crippen molar-refractivity contribution in [2.24, 2.45) is 12.5 Å². The molecular weight excluding hydrogens is 350 g/mol. The highest BCUT2D eigenvalue weighted by Crippen LogP contribution is 2.54.